The second-order valence-corrected chi connectivity index (χ2v) is 12.7. The number of hydrogen-bond donors (Lipinski definition) is 0. The zero-order valence-electron chi connectivity index (χ0n) is 26.1. The van der Waals surface area contributed by atoms with Crippen molar-refractivity contribution in [3.05, 3.63) is 41.5 Å². The van der Waals surface area contributed by atoms with E-state index >= 15 is 0 Å². The molecule has 0 unspecified atom stereocenters. The van der Waals surface area contributed by atoms with Gasteiger partial charge in [0.2, 0.25) is 5.91 Å². The van der Waals surface area contributed by atoms with Gasteiger partial charge in [-0.05, 0) is 70.2 Å². The van der Waals surface area contributed by atoms with E-state index in [1.807, 2.05) is 27.8 Å². The topological polar surface area (TPSA) is 68.3 Å². The minimum Gasteiger partial charge on any atom is -0.458 e. The third-order valence-corrected chi connectivity index (χ3v) is 9.02. The van der Waals surface area contributed by atoms with Gasteiger partial charge in [0.15, 0.2) is 0 Å². The van der Waals surface area contributed by atoms with Gasteiger partial charge in [0.1, 0.15) is 5.60 Å². The summed E-state index contributed by atoms with van der Waals surface area (Å²) in [5, 5.41) is 0. The van der Waals surface area contributed by atoms with E-state index in [-0.39, 0.29) is 23.7 Å². The Morgan fingerprint density at radius 2 is 1.68 bits per heavy atom. The fourth-order valence-electron chi connectivity index (χ4n) is 6.80. The van der Waals surface area contributed by atoms with Gasteiger partial charge in [-0.3, -0.25) is 9.59 Å². The molecule has 1 aromatic rings. The maximum absolute atomic E-state index is 13.1. The van der Waals surface area contributed by atoms with Crippen LogP contribution in [0.15, 0.2) is 35.9 Å². The predicted octanol–water partition coefficient (Wildman–Crippen LogP) is 5.30. The highest BCUT2D eigenvalue weighted by Crippen LogP contribution is 2.56. The fraction of sp³-hybridized carbons (Fsp3) is 0.697. The molecule has 7 nitrogen and oxygen atoms in total. The van der Waals surface area contributed by atoms with E-state index in [1.165, 1.54) is 16.7 Å². The van der Waals surface area contributed by atoms with Gasteiger partial charge in [0, 0.05) is 46.7 Å². The summed E-state index contributed by atoms with van der Waals surface area (Å²) in [7, 11) is 7.20. The van der Waals surface area contributed by atoms with Gasteiger partial charge >= 0.3 is 5.97 Å². The molecule has 3 aliphatic carbocycles. The molecule has 0 N–H and O–H groups in total. The summed E-state index contributed by atoms with van der Waals surface area (Å²) < 4.78 is 17.1. The average Bonchev–Trinajstić information content (AvgIpc) is 2.93. The van der Waals surface area contributed by atoms with Crippen LogP contribution < -0.4 is 0 Å². The van der Waals surface area contributed by atoms with E-state index in [0.717, 1.165) is 45.2 Å². The van der Waals surface area contributed by atoms with Crippen molar-refractivity contribution in [3.63, 3.8) is 0 Å². The SMILES string of the molecule is COCC(C)(COC)C(=O)N(C)CCCN(C)CC[C@@]1(OC(=O)C(C)C)C[C@@H]2CC[C@H]1C(c1ccccc1)=C2C. The third-order valence-electron chi connectivity index (χ3n) is 9.02. The number of nitrogens with zero attached hydrogens (tertiary/aromatic N) is 2. The predicted molar refractivity (Wildman–Crippen MR) is 160 cm³/mol. The van der Waals surface area contributed by atoms with Gasteiger partial charge in [-0.15, -0.1) is 0 Å². The molecule has 224 valence electrons. The Bertz CT molecular complexity index is 1020. The molecule has 1 fully saturated rings. The molecule has 0 radical (unpaired) electrons. The number of carbonyl (C=O) groups is 2. The van der Waals surface area contributed by atoms with Crippen molar-refractivity contribution in [2.75, 3.05) is 61.2 Å². The molecule has 3 aliphatic rings. The quantitative estimate of drug-likeness (QED) is 0.273. The van der Waals surface area contributed by atoms with Crippen LogP contribution in [0.5, 0.6) is 0 Å². The van der Waals surface area contributed by atoms with Crippen LogP contribution in [0.1, 0.15) is 65.4 Å². The summed E-state index contributed by atoms with van der Waals surface area (Å²) in [4.78, 5) is 30.2. The molecule has 1 amide bonds. The van der Waals surface area contributed by atoms with E-state index in [9.17, 15) is 9.59 Å². The number of carbonyl (C=O) groups excluding carboxylic acids is 2. The number of benzene rings is 1. The number of rotatable bonds is 15. The van der Waals surface area contributed by atoms with Crippen molar-refractivity contribution in [3.8, 4) is 0 Å². The average molecular weight is 557 g/mol. The first-order chi connectivity index (χ1) is 19.0. The molecule has 2 bridgehead atoms. The summed E-state index contributed by atoms with van der Waals surface area (Å²) in [6.45, 7) is 11.0. The molecular formula is C33H52N2O5. The van der Waals surface area contributed by atoms with Crippen molar-refractivity contribution < 1.29 is 23.8 Å². The van der Waals surface area contributed by atoms with Crippen molar-refractivity contribution >= 4 is 17.4 Å². The molecule has 0 aliphatic heterocycles. The van der Waals surface area contributed by atoms with Gasteiger partial charge in [0.25, 0.3) is 0 Å². The van der Waals surface area contributed by atoms with E-state index in [1.54, 1.807) is 19.1 Å². The van der Waals surface area contributed by atoms with E-state index in [2.05, 4.69) is 49.2 Å². The lowest BCUT2D eigenvalue weighted by Crippen LogP contribution is -2.53. The zero-order valence-corrected chi connectivity index (χ0v) is 26.1. The third kappa shape index (κ3) is 7.34. The molecular weight excluding hydrogens is 504 g/mol. The summed E-state index contributed by atoms with van der Waals surface area (Å²) in [6, 6.07) is 10.7. The van der Waals surface area contributed by atoms with E-state index < -0.39 is 11.0 Å². The summed E-state index contributed by atoms with van der Waals surface area (Å²) >= 11 is 0. The second-order valence-electron chi connectivity index (χ2n) is 12.7. The number of hydrogen-bond acceptors (Lipinski definition) is 6. The molecule has 0 aromatic heterocycles. The van der Waals surface area contributed by atoms with Crippen molar-refractivity contribution in [1.29, 1.82) is 0 Å². The highest BCUT2D eigenvalue weighted by atomic mass is 16.6. The Hall–Kier alpha value is -2.22. The Labute approximate surface area is 242 Å². The summed E-state index contributed by atoms with van der Waals surface area (Å²) in [5.41, 5.74) is 2.93. The van der Waals surface area contributed by atoms with Crippen LogP contribution in [0, 0.1) is 23.2 Å². The second kappa shape index (κ2) is 14.1. The molecule has 3 atom stereocenters. The van der Waals surface area contributed by atoms with Gasteiger partial charge in [-0.2, -0.15) is 0 Å². The molecule has 0 saturated heterocycles. The van der Waals surface area contributed by atoms with Crippen LogP contribution in [-0.2, 0) is 23.8 Å². The largest absolute Gasteiger partial charge is 0.458 e. The molecule has 40 heavy (non-hydrogen) atoms. The molecule has 4 rings (SSSR count). The molecule has 7 heteroatoms. The van der Waals surface area contributed by atoms with Crippen molar-refractivity contribution in [2.24, 2.45) is 23.2 Å². The van der Waals surface area contributed by atoms with Crippen molar-refractivity contribution in [2.45, 2.75) is 65.4 Å². The molecule has 0 heterocycles. The highest BCUT2D eigenvalue weighted by Gasteiger charge is 2.53. The van der Waals surface area contributed by atoms with Crippen molar-refractivity contribution in [1.82, 2.24) is 9.80 Å². The lowest BCUT2D eigenvalue weighted by molar-refractivity contribution is -0.176. The van der Waals surface area contributed by atoms with Crippen LogP contribution in [-0.4, -0.2) is 88.4 Å². The van der Waals surface area contributed by atoms with Gasteiger partial charge < -0.3 is 24.0 Å². The monoisotopic (exact) mass is 556 g/mol. The highest BCUT2D eigenvalue weighted by molar-refractivity contribution is 5.82. The van der Waals surface area contributed by atoms with Gasteiger partial charge in [-0.1, -0.05) is 49.8 Å². The Kier molecular flexibility index (Phi) is 11.4. The first-order valence-corrected chi connectivity index (χ1v) is 14.9. The minimum atomic E-state index is -0.695. The first kappa shape index (κ1) is 32.3. The number of amides is 1. The van der Waals surface area contributed by atoms with Crippen LogP contribution in [0.4, 0.5) is 0 Å². The van der Waals surface area contributed by atoms with Crippen LogP contribution >= 0.6 is 0 Å². The number of allylic oxidation sites excluding steroid dienone is 1. The number of esters is 1. The number of fused-ring (bicyclic) bond motifs is 2. The Morgan fingerprint density at radius 1 is 1.02 bits per heavy atom. The standard InChI is InChI=1S/C33H52N2O5/c1-24(2)30(36)40-33(21-27-15-16-28(33)29(25(27)3)26-13-10-9-11-14-26)17-20-34(5)18-12-19-35(6)31(37)32(4,22-38-7)23-39-8/h9-11,13-14,24,27-28H,12,15-23H2,1-8H3/t27-,28-,33+/m0/s1. The van der Waals surface area contributed by atoms with Crippen LogP contribution in [0.3, 0.4) is 0 Å². The minimum absolute atomic E-state index is 0.0345. The number of ether oxygens (including phenoxy) is 3. The normalized spacial score (nSPS) is 22.8. The van der Waals surface area contributed by atoms with E-state index in [0.29, 0.717) is 25.7 Å². The lowest BCUT2D eigenvalue weighted by atomic mass is 9.57. The van der Waals surface area contributed by atoms with Gasteiger partial charge in [-0.25, -0.2) is 0 Å². The smallest absolute Gasteiger partial charge is 0.308 e. The zero-order chi connectivity index (χ0) is 29.5. The fourth-order valence-corrected chi connectivity index (χ4v) is 6.80. The molecule has 1 saturated carbocycles. The van der Waals surface area contributed by atoms with Gasteiger partial charge in [0.05, 0.1) is 24.5 Å². The van der Waals surface area contributed by atoms with Crippen LogP contribution in [0.2, 0.25) is 0 Å². The Balaban J connectivity index is 1.68. The molecule has 0 spiro atoms. The Morgan fingerprint density at radius 3 is 2.27 bits per heavy atom. The maximum Gasteiger partial charge on any atom is 0.308 e. The molecule has 1 aromatic carbocycles. The number of methoxy groups -OCH3 is 2. The summed E-state index contributed by atoms with van der Waals surface area (Å²) in [5.74, 6) is 0.427. The first-order valence-electron chi connectivity index (χ1n) is 14.9. The van der Waals surface area contributed by atoms with E-state index in [4.69, 9.17) is 14.2 Å². The van der Waals surface area contributed by atoms with Crippen LogP contribution in [0.25, 0.3) is 5.57 Å². The summed E-state index contributed by atoms with van der Waals surface area (Å²) in [6.07, 6.45) is 4.78. The lowest BCUT2D eigenvalue weighted by Gasteiger charge is -2.53. The maximum atomic E-state index is 13.1.